The lowest BCUT2D eigenvalue weighted by Crippen LogP contribution is -2.15. The number of aryl methyl sites for hydroxylation is 1. The molecule has 1 aromatic carbocycles. The van der Waals surface area contributed by atoms with Crippen LogP contribution in [0, 0.1) is 13.8 Å². The first-order chi connectivity index (χ1) is 14.1. The lowest BCUT2D eigenvalue weighted by atomic mass is 9.96. The maximum absolute atomic E-state index is 10.4. The number of nitrogens with two attached hydrogens (primary N) is 1. The van der Waals surface area contributed by atoms with Crippen LogP contribution in [-0.4, -0.2) is 37.8 Å². The second-order valence-electron chi connectivity index (χ2n) is 7.66. The van der Waals surface area contributed by atoms with Crippen molar-refractivity contribution in [3.05, 3.63) is 47.4 Å². The summed E-state index contributed by atoms with van der Waals surface area (Å²) in [4.78, 5) is 13.8. The molecule has 0 radical (unpaired) electrons. The van der Waals surface area contributed by atoms with Gasteiger partial charge in [-0.2, -0.15) is 0 Å². The zero-order valence-corrected chi connectivity index (χ0v) is 16.5. The van der Waals surface area contributed by atoms with E-state index in [2.05, 4.69) is 22.1 Å². The molecule has 7 heteroatoms. The summed E-state index contributed by atoms with van der Waals surface area (Å²) in [7, 11) is 0. The fourth-order valence-corrected chi connectivity index (χ4v) is 4.35. The molecule has 1 aliphatic heterocycles. The number of phenolic OH excluding ortho intramolecular Hbond substituents is 1. The van der Waals surface area contributed by atoms with E-state index >= 15 is 0 Å². The molecule has 0 unspecified atom stereocenters. The molecule has 1 saturated heterocycles. The van der Waals surface area contributed by atoms with Gasteiger partial charge < -0.3 is 15.6 Å². The molecule has 0 saturated carbocycles. The van der Waals surface area contributed by atoms with E-state index in [0.29, 0.717) is 17.4 Å². The lowest BCUT2D eigenvalue weighted by Gasteiger charge is -2.21. The third kappa shape index (κ3) is 2.73. The zero-order chi connectivity index (χ0) is 20.1. The molecular weight excluding hydrogens is 366 g/mol. The molecule has 7 nitrogen and oxygen atoms in total. The summed E-state index contributed by atoms with van der Waals surface area (Å²) in [5.74, 6) is 1.03. The van der Waals surface area contributed by atoms with E-state index in [-0.39, 0.29) is 5.75 Å². The Morgan fingerprint density at radius 1 is 1.07 bits per heavy atom. The summed E-state index contributed by atoms with van der Waals surface area (Å²) in [6, 6.07) is 7.77. The molecule has 4 aromatic rings. The van der Waals surface area contributed by atoms with Crippen LogP contribution in [0.4, 0.5) is 5.82 Å². The van der Waals surface area contributed by atoms with Gasteiger partial charge in [0.1, 0.15) is 23.5 Å². The normalized spacial score (nSPS) is 15.4. The highest BCUT2D eigenvalue weighted by atomic mass is 16.5. The Bertz CT molecular complexity index is 1240. The summed E-state index contributed by atoms with van der Waals surface area (Å²) in [5.41, 5.74) is 11.4. The van der Waals surface area contributed by atoms with Gasteiger partial charge in [0, 0.05) is 35.8 Å². The molecule has 1 aliphatic rings. The van der Waals surface area contributed by atoms with Crippen molar-refractivity contribution >= 4 is 27.9 Å². The summed E-state index contributed by atoms with van der Waals surface area (Å²) in [6.45, 7) is 5.45. The van der Waals surface area contributed by atoms with Gasteiger partial charge in [-0.15, -0.1) is 0 Å². The van der Waals surface area contributed by atoms with Crippen LogP contribution >= 0.6 is 0 Å². The standard InChI is InChI=1S/C22H23N5O2/c1-12-3-6-17(28)13(2)19(12)27-21-15(18-20(23)24-11-25-22(18)27)4-5-16(26-21)14-7-9-29-10-8-14/h3-6,11,14,28H,7-10H2,1-2H3,(H2,23,24,25). The molecule has 0 bridgehead atoms. The number of aromatic nitrogens is 4. The van der Waals surface area contributed by atoms with Crippen molar-refractivity contribution in [2.24, 2.45) is 0 Å². The molecule has 5 rings (SSSR count). The molecule has 29 heavy (non-hydrogen) atoms. The largest absolute Gasteiger partial charge is 0.508 e. The molecule has 0 spiro atoms. The average Bonchev–Trinajstić information content (AvgIpc) is 3.07. The number of phenols is 1. The van der Waals surface area contributed by atoms with Gasteiger partial charge in [0.15, 0.2) is 5.65 Å². The third-order valence-corrected chi connectivity index (χ3v) is 5.91. The molecular formula is C22H23N5O2. The Labute approximate surface area is 168 Å². The quantitative estimate of drug-likeness (QED) is 0.541. The maximum Gasteiger partial charge on any atom is 0.152 e. The number of aromatic hydroxyl groups is 1. The second-order valence-corrected chi connectivity index (χ2v) is 7.66. The van der Waals surface area contributed by atoms with Gasteiger partial charge in [0.25, 0.3) is 0 Å². The van der Waals surface area contributed by atoms with Crippen molar-refractivity contribution in [1.82, 2.24) is 19.5 Å². The van der Waals surface area contributed by atoms with Gasteiger partial charge in [-0.3, -0.25) is 4.57 Å². The highest BCUT2D eigenvalue weighted by molar-refractivity contribution is 6.11. The van der Waals surface area contributed by atoms with Gasteiger partial charge >= 0.3 is 0 Å². The predicted molar refractivity (Wildman–Crippen MR) is 113 cm³/mol. The number of benzene rings is 1. The SMILES string of the molecule is Cc1ccc(O)c(C)c1-n1c2nc(C3CCOCC3)ccc2c2c(N)ncnc21. The van der Waals surface area contributed by atoms with Crippen LogP contribution in [0.1, 0.15) is 35.6 Å². The van der Waals surface area contributed by atoms with Crippen molar-refractivity contribution in [3.63, 3.8) is 0 Å². The number of hydrogen-bond acceptors (Lipinski definition) is 6. The first-order valence-corrected chi connectivity index (χ1v) is 9.85. The van der Waals surface area contributed by atoms with Gasteiger partial charge in [-0.1, -0.05) is 6.07 Å². The van der Waals surface area contributed by atoms with Crippen molar-refractivity contribution in [2.45, 2.75) is 32.6 Å². The summed E-state index contributed by atoms with van der Waals surface area (Å²) < 4.78 is 7.52. The summed E-state index contributed by atoms with van der Waals surface area (Å²) >= 11 is 0. The smallest absolute Gasteiger partial charge is 0.152 e. The molecule has 4 heterocycles. The number of hydrogen-bond donors (Lipinski definition) is 2. The minimum Gasteiger partial charge on any atom is -0.508 e. The fourth-order valence-electron chi connectivity index (χ4n) is 4.35. The number of nitrogens with zero attached hydrogens (tertiary/aromatic N) is 4. The van der Waals surface area contributed by atoms with E-state index in [1.165, 1.54) is 6.33 Å². The molecule has 3 aromatic heterocycles. The molecule has 0 amide bonds. The number of nitrogen functional groups attached to an aromatic ring is 1. The first-order valence-electron chi connectivity index (χ1n) is 9.85. The van der Waals surface area contributed by atoms with Crippen molar-refractivity contribution in [2.75, 3.05) is 18.9 Å². The number of ether oxygens (including phenoxy) is 1. The Hall–Kier alpha value is -3.19. The lowest BCUT2D eigenvalue weighted by molar-refractivity contribution is 0.0845. The second kappa shape index (κ2) is 6.70. The van der Waals surface area contributed by atoms with Crippen molar-refractivity contribution < 1.29 is 9.84 Å². The Kier molecular flexibility index (Phi) is 4.13. The number of fused-ring (bicyclic) bond motifs is 3. The molecule has 1 fully saturated rings. The number of rotatable bonds is 2. The van der Waals surface area contributed by atoms with Crippen LogP contribution in [-0.2, 0) is 4.74 Å². The van der Waals surface area contributed by atoms with E-state index in [1.807, 2.05) is 24.5 Å². The monoisotopic (exact) mass is 389 g/mol. The van der Waals surface area contributed by atoms with Gasteiger partial charge in [-0.05, 0) is 50.5 Å². The minimum atomic E-state index is 0.239. The van der Waals surface area contributed by atoms with Crippen LogP contribution in [0.25, 0.3) is 27.8 Å². The minimum absolute atomic E-state index is 0.239. The van der Waals surface area contributed by atoms with Gasteiger partial charge in [0.05, 0.1) is 11.1 Å². The van der Waals surface area contributed by atoms with Gasteiger partial charge in [0.2, 0.25) is 0 Å². The molecule has 0 atom stereocenters. The van der Waals surface area contributed by atoms with Crippen molar-refractivity contribution in [3.8, 4) is 11.4 Å². The highest BCUT2D eigenvalue weighted by Crippen LogP contribution is 2.37. The van der Waals surface area contributed by atoms with E-state index < -0.39 is 0 Å². The van der Waals surface area contributed by atoms with Crippen molar-refractivity contribution in [1.29, 1.82) is 0 Å². The highest BCUT2D eigenvalue weighted by Gasteiger charge is 2.23. The first kappa shape index (κ1) is 17.9. The number of pyridine rings is 1. The Balaban J connectivity index is 1.87. The van der Waals surface area contributed by atoms with Gasteiger partial charge in [-0.25, -0.2) is 15.0 Å². The van der Waals surface area contributed by atoms with E-state index in [9.17, 15) is 5.11 Å². The fraction of sp³-hybridized carbons (Fsp3) is 0.318. The van der Waals surface area contributed by atoms with Crippen LogP contribution in [0.15, 0.2) is 30.6 Å². The van der Waals surface area contributed by atoms with E-state index in [0.717, 1.165) is 65.0 Å². The summed E-state index contributed by atoms with van der Waals surface area (Å²) in [5, 5.41) is 12.1. The van der Waals surface area contributed by atoms with Crippen LogP contribution in [0.5, 0.6) is 5.75 Å². The zero-order valence-electron chi connectivity index (χ0n) is 16.5. The molecule has 148 valence electrons. The predicted octanol–water partition coefficient (Wildman–Crippen LogP) is 3.77. The van der Waals surface area contributed by atoms with E-state index in [4.69, 9.17) is 15.5 Å². The third-order valence-electron chi connectivity index (χ3n) is 5.91. The van der Waals surface area contributed by atoms with Crippen LogP contribution in [0.3, 0.4) is 0 Å². The van der Waals surface area contributed by atoms with Crippen LogP contribution in [0.2, 0.25) is 0 Å². The topological polar surface area (TPSA) is 99.1 Å². The Morgan fingerprint density at radius 2 is 1.86 bits per heavy atom. The number of anilines is 1. The van der Waals surface area contributed by atoms with Crippen LogP contribution < -0.4 is 5.73 Å². The Morgan fingerprint density at radius 3 is 2.66 bits per heavy atom. The van der Waals surface area contributed by atoms with E-state index in [1.54, 1.807) is 6.07 Å². The maximum atomic E-state index is 10.4. The molecule has 3 N–H and O–H groups in total. The summed E-state index contributed by atoms with van der Waals surface area (Å²) in [6.07, 6.45) is 3.40. The molecule has 0 aliphatic carbocycles. The average molecular weight is 389 g/mol.